The molecule has 1 aromatic carbocycles. The van der Waals surface area contributed by atoms with Crippen molar-refractivity contribution in [3.05, 3.63) is 35.7 Å². The molecule has 0 unspecified atom stereocenters. The molecule has 0 fully saturated rings. The number of sulfonamides is 1. The number of carbonyl (C=O) groups excluding carboxylic acids is 1. The zero-order valence-corrected chi connectivity index (χ0v) is 15.9. The van der Waals surface area contributed by atoms with Gasteiger partial charge in [0, 0.05) is 13.6 Å². The van der Waals surface area contributed by atoms with Crippen LogP contribution in [0.2, 0.25) is 0 Å². The van der Waals surface area contributed by atoms with Crippen molar-refractivity contribution in [3.8, 4) is 5.75 Å². The summed E-state index contributed by atoms with van der Waals surface area (Å²) in [4.78, 5) is 11.7. The van der Waals surface area contributed by atoms with Crippen molar-refractivity contribution in [1.82, 2.24) is 9.62 Å². The van der Waals surface area contributed by atoms with E-state index < -0.39 is 21.7 Å². The van der Waals surface area contributed by atoms with Gasteiger partial charge in [-0.3, -0.25) is 4.79 Å². The maximum atomic E-state index is 13.5. The Morgan fingerprint density at radius 3 is 2.77 bits per heavy atom. The van der Waals surface area contributed by atoms with Crippen LogP contribution in [0.25, 0.3) is 0 Å². The lowest BCUT2D eigenvalue weighted by atomic mass is 9.97. The van der Waals surface area contributed by atoms with E-state index in [9.17, 15) is 17.6 Å². The molecule has 0 saturated heterocycles. The Morgan fingerprint density at radius 2 is 2.12 bits per heavy atom. The van der Waals surface area contributed by atoms with Crippen LogP contribution in [0, 0.1) is 5.82 Å². The van der Waals surface area contributed by atoms with E-state index in [0.29, 0.717) is 6.54 Å². The third-order valence-corrected chi connectivity index (χ3v) is 6.16. The molecule has 1 N–H and O–H groups in total. The van der Waals surface area contributed by atoms with Crippen LogP contribution < -0.4 is 10.1 Å². The number of halogens is 1. The van der Waals surface area contributed by atoms with Crippen molar-refractivity contribution in [2.75, 3.05) is 27.2 Å². The van der Waals surface area contributed by atoms with E-state index in [1.54, 1.807) is 0 Å². The van der Waals surface area contributed by atoms with Crippen LogP contribution in [0.3, 0.4) is 0 Å². The first-order valence-electron chi connectivity index (χ1n) is 8.59. The van der Waals surface area contributed by atoms with Crippen molar-refractivity contribution < 1.29 is 22.3 Å². The zero-order valence-electron chi connectivity index (χ0n) is 15.1. The molecule has 1 amide bonds. The monoisotopic (exact) mass is 384 g/mol. The molecule has 1 aromatic rings. The lowest BCUT2D eigenvalue weighted by Crippen LogP contribution is -2.38. The number of hydrogen-bond acceptors (Lipinski definition) is 4. The van der Waals surface area contributed by atoms with Gasteiger partial charge < -0.3 is 10.1 Å². The van der Waals surface area contributed by atoms with Gasteiger partial charge in [0.1, 0.15) is 16.5 Å². The number of amides is 1. The van der Waals surface area contributed by atoms with Crippen LogP contribution in [0.4, 0.5) is 4.39 Å². The lowest BCUT2D eigenvalue weighted by molar-refractivity contribution is -0.121. The molecule has 144 valence electrons. The minimum absolute atomic E-state index is 0.0305. The number of likely N-dealkylation sites (N-methyl/N-ethyl adjacent to an activating group) is 1. The van der Waals surface area contributed by atoms with Gasteiger partial charge in [-0.1, -0.05) is 11.6 Å². The molecular formula is C18H25FN2O4S. The average Bonchev–Trinajstić information content (AvgIpc) is 2.62. The summed E-state index contributed by atoms with van der Waals surface area (Å²) < 4.78 is 44.6. The molecule has 1 aliphatic carbocycles. The van der Waals surface area contributed by atoms with Crippen molar-refractivity contribution in [3.63, 3.8) is 0 Å². The smallest absolute Gasteiger partial charge is 0.247 e. The van der Waals surface area contributed by atoms with E-state index >= 15 is 0 Å². The van der Waals surface area contributed by atoms with Crippen molar-refractivity contribution in [2.45, 2.75) is 37.0 Å². The average molecular weight is 384 g/mol. The van der Waals surface area contributed by atoms with Crippen LogP contribution in [-0.4, -0.2) is 45.9 Å². The molecule has 8 heteroatoms. The predicted octanol–water partition coefficient (Wildman–Crippen LogP) is 2.46. The van der Waals surface area contributed by atoms with Gasteiger partial charge in [0.2, 0.25) is 15.9 Å². The number of rotatable bonds is 8. The van der Waals surface area contributed by atoms with Gasteiger partial charge >= 0.3 is 0 Å². The van der Waals surface area contributed by atoms with Crippen LogP contribution >= 0.6 is 0 Å². The number of nitrogens with zero attached hydrogens (tertiary/aromatic N) is 1. The number of ether oxygens (including phenoxy) is 1. The SMILES string of the molecule is COc1ccc(F)cc1S(=O)(=O)N(C)CC(=O)NCCC1=CCCCC1. The first-order valence-corrected chi connectivity index (χ1v) is 10.0. The van der Waals surface area contributed by atoms with Crippen LogP contribution in [0.15, 0.2) is 34.7 Å². The van der Waals surface area contributed by atoms with Crippen molar-refractivity contribution >= 4 is 15.9 Å². The second-order valence-electron chi connectivity index (χ2n) is 6.26. The lowest BCUT2D eigenvalue weighted by Gasteiger charge is -2.19. The first-order chi connectivity index (χ1) is 12.3. The Hall–Kier alpha value is -1.93. The zero-order chi connectivity index (χ0) is 19.2. The molecule has 0 spiro atoms. The molecule has 26 heavy (non-hydrogen) atoms. The highest BCUT2D eigenvalue weighted by atomic mass is 32.2. The maximum Gasteiger partial charge on any atom is 0.247 e. The van der Waals surface area contributed by atoms with Gasteiger partial charge in [-0.25, -0.2) is 12.8 Å². The number of benzene rings is 1. The molecule has 0 radical (unpaired) electrons. The number of methoxy groups -OCH3 is 1. The normalized spacial score (nSPS) is 14.8. The van der Waals surface area contributed by atoms with Gasteiger partial charge in [-0.2, -0.15) is 4.31 Å². The fourth-order valence-electron chi connectivity index (χ4n) is 2.86. The highest BCUT2D eigenvalue weighted by Gasteiger charge is 2.27. The van der Waals surface area contributed by atoms with Crippen molar-refractivity contribution in [2.24, 2.45) is 0 Å². The molecule has 0 aliphatic heterocycles. The fraction of sp³-hybridized carbons (Fsp3) is 0.500. The van der Waals surface area contributed by atoms with E-state index in [4.69, 9.17) is 4.74 Å². The van der Waals surface area contributed by atoms with Gasteiger partial charge in [-0.05, 0) is 50.3 Å². The Morgan fingerprint density at radius 1 is 1.35 bits per heavy atom. The highest BCUT2D eigenvalue weighted by molar-refractivity contribution is 7.89. The van der Waals surface area contributed by atoms with E-state index in [2.05, 4.69) is 11.4 Å². The second-order valence-corrected chi connectivity index (χ2v) is 8.28. The fourth-order valence-corrected chi connectivity index (χ4v) is 4.15. The third kappa shape index (κ3) is 5.28. The largest absolute Gasteiger partial charge is 0.495 e. The molecule has 6 nitrogen and oxygen atoms in total. The maximum absolute atomic E-state index is 13.5. The molecule has 0 aromatic heterocycles. The number of nitrogens with one attached hydrogen (secondary N) is 1. The first kappa shape index (κ1) is 20.4. The summed E-state index contributed by atoms with van der Waals surface area (Å²) in [6, 6.07) is 3.25. The molecule has 1 aliphatic rings. The number of carbonyl (C=O) groups is 1. The summed E-state index contributed by atoms with van der Waals surface area (Å²) in [5, 5.41) is 2.73. The highest BCUT2D eigenvalue weighted by Crippen LogP contribution is 2.26. The Balaban J connectivity index is 1.95. The van der Waals surface area contributed by atoms with E-state index in [1.165, 1.54) is 38.6 Å². The van der Waals surface area contributed by atoms with Gasteiger partial charge in [0.25, 0.3) is 0 Å². The summed E-state index contributed by atoms with van der Waals surface area (Å²) in [5.41, 5.74) is 1.34. The van der Waals surface area contributed by atoms with Crippen LogP contribution in [0.1, 0.15) is 32.1 Å². The van der Waals surface area contributed by atoms with Crippen LogP contribution in [-0.2, 0) is 14.8 Å². The number of allylic oxidation sites excluding steroid dienone is 1. The quantitative estimate of drug-likeness (QED) is 0.699. The Bertz CT molecular complexity index is 777. The molecule has 0 atom stereocenters. The van der Waals surface area contributed by atoms with Gasteiger partial charge in [0.05, 0.1) is 13.7 Å². The molecular weight excluding hydrogens is 359 g/mol. The molecule has 0 saturated carbocycles. The summed E-state index contributed by atoms with van der Waals surface area (Å²) in [7, 11) is -1.46. The summed E-state index contributed by atoms with van der Waals surface area (Å²) >= 11 is 0. The molecule has 2 rings (SSSR count). The molecule has 0 bridgehead atoms. The van der Waals surface area contributed by atoms with Crippen molar-refractivity contribution in [1.29, 1.82) is 0 Å². The Labute approximate surface area is 154 Å². The number of hydrogen-bond donors (Lipinski definition) is 1. The third-order valence-electron chi connectivity index (χ3n) is 4.33. The van der Waals surface area contributed by atoms with Gasteiger partial charge in [-0.15, -0.1) is 0 Å². The van der Waals surface area contributed by atoms with Crippen LogP contribution in [0.5, 0.6) is 5.75 Å². The second kappa shape index (κ2) is 9.14. The topological polar surface area (TPSA) is 75.7 Å². The van der Waals surface area contributed by atoms with E-state index in [-0.39, 0.29) is 17.2 Å². The summed E-state index contributed by atoms with van der Waals surface area (Å²) in [5.74, 6) is -1.06. The minimum atomic E-state index is -4.05. The minimum Gasteiger partial charge on any atom is -0.495 e. The van der Waals surface area contributed by atoms with E-state index in [1.807, 2.05) is 0 Å². The standard InChI is InChI=1S/C18H25FN2O4S/c1-21(13-18(22)20-11-10-14-6-4-3-5-7-14)26(23,24)17-12-15(19)8-9-16(17)25-2/h6,8-9,12H,3-5,7,10-11,13H2,1-2H3,(H,20,22). The predicted molar refractivity (Wildman–Crippen MR) is 96.9 cm³/mol. The van der Waals surface area contributed by atoms with E-state index in [0.717, 1.165) is 35.7 Å². The Kier molecular flexibility index (Phi) is 7.16. The summed E-state index contributed by atoms with van der Waals surface area (Å²) in [6.07, 6.45) is 7.52. The molecule has 0 heterocycles. The summed E-state index contributed by atoms with van der Waals surface area (Å²) in [6.45, 7) is 0.128. The van der Waals surface area contributed by atoms with Gasteiger partial charge in [0.15, 0.2) is 0 Å².